The fourth-order valence-corrected chi connectivity index (χ4v) is 1.25. The third-order valence-electron chi connectivity index (χ3n) is 1.96. The SMILES string of the molecule is C#N.C#N.NN=Cc1ccc(-c2ncccn2)cc1. The number of benzene rings is 1. The van der Waals surface area contributed by atoms with E-state index >= 15 is 0 Å². The van der Waals surface area contributed by atoms with Crippen LogP contribution in [0.1, 0.15) is 5.56 Å². The molecule has 0 radical (unpaired) electrons. The second kappa shape index (κ2) is 9.94. The summed E-state index contributed by atoms with van der Waals surface area (Å²) in [6.45, 7) is 7.00. The molecule has 2 N–H and O–H groups in total. The molecule has 6 heteroatoms. The van der Waals surface area contributed by atoms with E-state index in [0.29, 0.717) is 5.82 Å². The van der Waals surface area contributed by atoms with Gasteiger partial charge in [0.05, 0.1) is 6.21 Å². The van der Waals surface area contributed by atoms with Gasteiger partial charge in [-0.05, 0) is 11.6 Å². The molecule has 0 fully saturated rings. The molecule has 2 rings (SSSR count). The van der Waals surface area contributed by atoms with E-state index in [9.17, 15) is 0 Å². The number of nitriles is 2. The molecule has 0 aliphatic heterocycles. The van der Waals surface area contributed by atoms with Crippen LogP contribution in [-0.4, -0.2) is 16.2 Å². The van der Waals surface area contributed by atoms with Crippen molar-refractivity contribution < 1.29 is 0 Å². The van der Waals surface area contributed by atoms with E-state index < -0.39 is 0 Å². The van der Waals surface area contributed by atoms with Crippen LogP contribution in [0.4, 0.5) is 0 Å². The van der Waals surface area contributed by atoms with Gasteiger partial charge in [0.2, 0.25) is 0 Å². The van der Waals surface area contributed by atoms with Crippen molar-refractivity contribution in [3.05, 3.63) is 48.3 Å². The molecule has 19 heavy (non-hydrogen) atoms. The second-order valence-corrected chi connectivity index (χ2v) is 2.97. The van der Waals surface area contributed by atoms with Gasteiger partial charge in [-0.15, -0.1) is 0 Å². The van der Waals surface area contributed by atoms with Gasteiger partial charge in [-0.2, -0.15) is 5.10 Å². The van der Waals surface area contributed by atoms with Gasteiger partial charge in [-0.25, -0.2) is 20.5 Å². The van der Waals surface area contributed by atoms with Crippen LogP contribution >= 0.6 is 0 Å². The Morgan fingerprint density at radius 3 is 2.00 bits per heavy atom. The van der Waals surface area contributed by atoms with Crippen molar-refractivity contribution >= 4 is 6.21 Å². The van der Waals surface area contributed by atoms with Crippen LogP contribution in [0.3, 0.4) is 0 Å². The zero-order valence-electron chi connectivity index (χ0n) is 10.1. The number of nitrogens with two attached hydrogens (primary N) is 1. The molecule has 0 amide bonds. The van der Waals surface area contributed by atoms with Crippen molar-refractivity contribution in [2.24, 2.45) is 10.9 Å². The number of hydrogen-bond donors (Lipinski definition) is 1. The summed E-state index contributed by atoms with van der Waals surface area (Å²) in [6.07, 6.45) is 5.03. The highest BCUT2D eigenvalue weighted by molar-refractivity contribution is 5.80. The van der Waals surface area contributed by atoms with Gasteiger partial charge in [-0.1, -0.05) is 24.3 Å². The maximum absolute atomic E-state index is 6.50. The first-order chi connectivity index (χ1) is 9.40. The Kier molecular flexibility index (Phi) is 8.24. The lowest BCUT2D eigenvalue weighted by molar-refractivity contribution is 1.18. The van der Waals surface area contributed by atoms with E-state index in [1.807, 2.05) is 24.3 Å². The third kappa shape index (κ3) is 5.07. The van der Waals surface area contributed by atoms with Gasteiger partial charge in [0.1, 0.15) is 0 Å². The molecule has 0 atom stereocenters. The van der Waals surface area contributed by atoms with E-state index in [1.165, 1.54) is 0 Å². The molecule has 2 aromatic rings. The Morgan fingerprint density at radius 1 is 1.00 bits per heavy atom. The largest absolute Gasteiger partial charge is 0.323 e. The highest BCUT2D eigenvalue weighted by atomic mass is 15.1. The van der Waals surface area contributed by atoms with Crippen LogP contribution in [0, 0.1) is 23.7 Å². The molecule has 0 saturated heterocycles. The molecular weight excluding hydrogens is 240 g/mol. The summed E-state index contributed by atoms with van der Waals surface area (Å²) in [5.74, 6) is 5.77. The lowest BCUT2D eigenvalue weighted by atomic mass is 10.1. The van der Waals surface area contributed by atoms with Crippen LogP contribution < -0.4 is 5.84 Å². The maximum atomic E-state index is 6.50. The Bertz CT molecular complexity index is 521. The number of rotatable bonds is 2. The molecule has 0 saturated carbocycles. The Balaban J connectivity index is 0.000000741. The molecule has 0 spiro atoms. The van der Waals surface area contributed by atoms with Crippen molar-refractivity contribution in [1.29, 1.82) is 10.5 Å². The van der Waals surface area contributed by atoms with Crippen molar-refractivity contribution in [2.75, 3.05) is 0 Å². The van der Waals surface area contributed by atoms with Crippen molar-refractivity contribution in [3.8, 4) is 24.5 Å². The molecular formula is C13H12N6. The van der Waals surface area contributed by atoms with Gasteiger partial charge >= 0.3 is 0 Å². The summed E-state index contributed by atoms with van der Waals surface area (Å²) in [4.78, 5) is 8.31. The van der Waals surface area contributed by atoms with Crippen molar-refractivity contribution in [3.63, 3.8) is 0 Å². The van der Waals surface area contributed by atoms with E-state index in [0.717, 1.165) is 11.1 Å². The topological polar surface area (TPSA) is 112 Å². The molecule has 0 aliphatic rings. The van der Waals surface area contributed by atoms with E-state index in [2.05, 4.69) is 28.2 Å². The van der Waals surface area contributed by atoms with Gasteiger partial charge in [0.15, 0.2) is 5.82 Å². The minimum absolute atomic E-state index is 0.716. The summed E-state index contributed by atoms with van der Waals surface area (Å²) in [6, 6.07) is 9.50. The average molecular weight is 252 g/mol. The molecule has 1 heterocycles. The van der Waals surface area contributed by atoms with E-state index in [1.54, 1.807) is 24.7 Å². The minimum atomic E-state index is 0.716. The first-order valence-corrected chi connectivity index (χ1v) is 5.02. The zero-order valence-corrected chi connectivity index (χ0v) is 10.1. The van der Waals surface area contributed by atoms with Crippen LogP contribution in [0.5, 0.6) is 0 Å². The molecule has 0 aliphatic carbocycles. The predicted octanol–water partition coefficient (Wildman–Crippen LogP) is 1.72. The lowest BCUT2D eigenvalue weighted by Gasteiger charge is -1.98. The summed E-state index contributed by atoms with van der Waals surface area (Å²) in [5, 5.41) is 16.5. The summed E-state index contributed by atoms with van der Waals surface area (Å²) >= 11 is 0. The fraction of sp³-hybridized carbons (Fsp3) is 0. The molecule has 1 aromatic heterocycles. The number of hydrogen-bond acceptors (Lipinski definition) is 6. The highest BCUT2D eigenvalue weighted by Crippen LogP contribution is 2.13. The quantitative estimate of drug-likeness (QED) is 0.496. The number of nitrogens with zero attached hydrogens (tertiary/aromatic N) is 5. The Morgan fingerprint density at radius 2 is 1.53 bits per heavy atom. The van der Waals surface area contributed by atoms with E-state index in [-0.39, 0.29) is 0 Å². The predicted molar refractivity (Wildman–Crippen MR) is 72.6 cm³/mol. The first-order valence-electron chi connectivity index (χ1n) is 5.02. The molecule has 6 nitrogen and oxygen atoms in total. The lowest BCUT2D eigenvalue weighted by Crippen LogP contribution is -1.89. The van der Waals surface area contributed by atoms with Gasteiger partial charge in [0, 0.05) is 31.1 Å². The van der Waals surface area contributed by atoms with Gasteiger partial charge in [0.25, 0.3) is 0 Å². The monoisotopic (exact) mass is 252 g/mol. The van der Waals surface area contributed by atoms with Gasteiger partial charge < -0.3 is 5.84 Å². The summed E-state index contributed by atoms with van der Waals surface area (Å²) < 4.78 is 0. The van der Waals surface area contributed by atoms with Gasteiger partial charge in [-0.3, -0.25) is 0 Å². The second-order valence-electron chi connectivity index (χ2n) is 2.97. The standard InChI is InChI=1S/C11H10N4.2CHN/c12-15-8-9-2-4-10(5-3-9)11-13-6-1-7-14-11;2*1-2/h1-8H,12H2;2*1H. The Hall–Kier alpha value is -3.25. The summed E-state index contributed by atoms with van der Waals surface area (Å²) in [5.41, 5.74) is 1.93. The molecule has 94 valence electrons. The van der Waals surface area contributed by atoms with Crippen molar-refractivity contribution in [1.82, 2.24) is 9.97 Å². The van der Waals surface area contributed by atoms with Crippen LogP contribution in [0.25, 0.3) is 11.4 Å². The zero-order chi connectivity index (χ0) is 14.5. The summed E-state index contributed by atoms with van der Waals surface area (Å²) in [7, 11) is 0. The minimum Gasteiger partial charge on any atom is -0.323 e. The average Bonchev–Trinajstić information content (AvgIpc) is 2.53. The number of hydrazone groups is 1. The van der Waals surface area contributed by atoms with Crippen LogP contribution in [-0.2, 0) is 0 Å². The highest BCUT2D eigenvalue weighted by Gasteiger charge is 1.98. The smallest absolute Gasteiger partial charge is 0.159 e. The first kappa shape index (κ1) is 15.8. The molecule has 0 unspecified atom stereocenters. The maximum Gasteiger partial charge on any atom is 0.159 e. The van der Waals surface area contributed by atoms with Crippen LogP contribution in [0.2, 0.25) is 0 Å². The Labute approximate surface area is 111 Å². The molecule has 1 aromatic carbocycles. The van der Waals surface area contributed by atoms with Crippen LogP contribution in [0.15, 0.2) is 47.8 Å². The van der Waals surface area contributed by atoms with Crippen molar-refractivity contribution in [2.45, 2.75) is 0 Å². The van der Waals surface area contributed by atoms with E-state index in [4.69, 9.17) is 16.4 Å². The molecule has 0 bridgehead atoms. The fourth-order valence-electron chi connectivity index (χ4n) is 1.25. The third-order valence-corrected chi connectivity index (χ3v) is 1.96. The number of aromatic nitrogens is 2. The normalized spacial score (nSPS) is 8.63.